The zero-order valence-corrected chi connectivity index (χ0v) is 14.5. The van der Waals surface area contributed by atoms with Gasteiger partial charge in [0.05, 0.1) is 0 Å². The van der Waals surface area contributed by atoms with Gasteiger partial charge < -0.3 is 0 Å². The van der Waals surface area contributed by atoms with Crippen molar-refractivity contribution in [2.45, 2.75) is 0 Å². The third kappa shape index (κ3) is 3.50. The van der Waals surface area contributed by atoms with Crippen molar-refractivity contribution in [2.24, 2.45) is 0 Å². The summed E-state index contributed by atoms with van der Waals surface area (Å²) >= 11 is 0. The number of hydrogen-bond donors (Lipinski definition) is 0. The van der Waals surface area contributed by atoms with Gasteiger partial charge in [0.1, 0.15) is 0 Å². The van der Waals surface area contributed by atoms with Gasteiger partial charge in [-0.1, -0.05) is 115 Å². The van der Waals surface area contributed by atoms with Crippen LogP contribution >= 0.6 is 0 Å². The Balaban J connectivity index is 1.93. The molecule has 0 saturated carbocycles. The van der Waals surface area contributed by atoms with Crippen LogP contribution in [0.25, 0.3) is 22.8 Å². The Morgan fingerprint density at radius 2 is 1.04 bits per heavy atom. The van der Waals surface area contributed by atoms with Gasteiger partial charge in [0.15, 0.2) is 0 Å². The SMILES string of the molecule is C(=C(c1ccccc1)c1ccccc1-c1ccccc1)c1ccccc1. The van der Waals surface area contributed by atoms with Gasteiger partial charge in [-0.2, -0.15) is 0 Å². The maximum Gasteiger partial charge on any atom is -0.00992 e. The fourth-order valence-corrected chi connectivity index (χ4v) is 3.24. The molecule has 0 aliphatic heterocycles. The first kappa shape index (κ1) is 16.1. The zero-order valence-electron chi connectivity index (χ0n) is 14.5. The monoisotopic (exact) mass is 332 g/mol. The van der Waals surface area contributed by atoms with Gasteiger partial charge in [-0.25, -0.2) is 0 Å². The Labute approximate surface area is 155 Å². The van der Waals surface area contributed by atoms with Crippen LogP contribution in [0, 0.1) is 0 Å². The molecule has 0 bridgehead atoms. The molecule has 4 aromatic rings. The van der Waals surface area contributed by atoms with Crippen LogP contribution in [0.3, 0.4) is 0 Å². The number of hydrogen-bond acceptors (Lipinski definition) is 0. The fraction of sp³-hybridized carbons (Fsp3) is 0. The molecule has 124 valence electrons. The Kier molecular flexibility index (Phi) is 4.75. The zero-order chi connectivity index (χ0) is 17.6. The minimum atomic E-state index is 1.20. The van der Waals surface area contributed by atoms with Crippen molar-refractivity contribution in [1.82, 2.24) is 0 Å². The normalized spacial score (nSPS) is 11.3. The van der Waals surface area contributed by atoms with Gasteiger partial charge in [-0.05, 0) is 39.5 Å². The summed E-state index contributed by atoms with van der Waals surface area (Å²) in [5.41, 5.74) is 7.39. The van der Waals surface area contributed by atoms with Crippen molar-refractivity contribution in [3.63, 3.8) is 0 Å². The molecule has 0 aliphatic carbocycles. The molecule has 0 spiro atoms. The second-order valence-corrected chi connectivity index (χ2v) is 6.25. The highest BCUT2D eigenvalue weighted by atomic mass is 14.1. The highest BCUT2D eigenvalue weighted by Gasteiger charge is 2.11. The average molecular weight is 332 g/mol. The molecule has 0 radical (unpaired) electrons. The molecular formula is C26H20. The van der Waals surface area contributed by atoms with Crippen molar-refractivity contribution < 1.29 is 0 Å². The molecule has 0 nitrogen and oxygen atoms in total. The van der Waals surface area contributed by atoms with E-state index in [0.29, 0.717) is 0 Å². The molecule has 0 atom stereocenters. The summed E-state index contributed by atoms with van der Waals surface area (Å²) in [6, 6.07) is 40.3. The van der Waals surface area contributed by atoms with E-state index >= 15 is 0 Å². The number of rotatable bonds is 4. The van der Waals surface area contributed by atoms with Crippen LogP contribution in [0.1, 0.15) is 16.7 Å². The van der Waals surface area contributed by atoms with Crippen molar-refractivity contribution in [2.75, 3.05) is 0 Å². The molecule has 4 rings (SSSR count). The summed E-state index contributed by atoms with van der Waals surface area (Å²) in [5, 5.41) is 0. The summed E-state index contributed by atoms with van der Waals surface area (Å²) in [4.78, 5) is 0. The third-order valence-corrected chi connectivity index (χ3v) is 4.50. The third-order valence-electron chi connectivity index (χ3n) is 4.50. The minimum Gasteiger partial charge on any atom is -0.0622 e. The summed E-state index contributed by atoms with van der Waals surface area (Å²) in [7, 11) is 0. The maximum atomic E-state index is 2.27. The number of benzene rings is 4. The average Bonchev–Trinajstić information content (AvgIpc) is 2.74. The van der Waals surface area contributed by atoms with Crippen LogP contribution in [-0.4, -0.2) is 0 Å². The van der Waals surface area contributed by atoms with E-state index in [1.165, 1.54) is 33.4 Å². The van der Waals surface area contributed by atoms with Gasteiger partial charge in [-0.3, -0.25) is 0 Å². The first-order chi connectivity index (χ1) is 12.9. The summed E-state index contributed by atoms with van der Waals surface area (Å²) in [6.07, 6.45) is 2.27. The summed E-state index contributed by atoms with van der Waals surface area (Å²) in [5.74, 6) is 0. The van der Waals surface area contributed by atoms with Crippen LogP contribution in [0.4, 0.5) is 0 Å². The lowest BCUT2D eigenvalue weighted by Gasteiger charge is -2.14. The van der Waals surface area contributed by atoms with Crippen molar-refractivity contribution in [3.05, 3.63) is 132 Å². The maximum absolute atomic E-state index is 2.27. The van der Waals surface area contributed by atoms with E-state index in [-0.39, 0.29) is 0 Å². The molecule has 4 aromatic carbocycles. The smallest absolute Gasteiger partial charge is 0.00992 e. The van der Waals surface area contributed by atoms with E-state index < -0.39 is 0 Å². The Morgan fingerprint density at radius 3 is 1.73 bits per heavy atom. The fourth-order valence-electron chi connectivity index (χ4n) is 3.24. The van der Waals surface area contributed by atoms with E-state index in [9.17, 15) is 0 Å². The largest absolute Gasteiger partial charge is 0.0622 e. The molecule has 0 fully saturated rings. The lowest BCUT2D eigenvalue weighted by Crippen LogP contribution is -1.92. The van der Waals surface area contributed by atoms with Crippen LogP contribution < -0.4 is 0 Å². The quantitative estimate of drug-likeness (QED) is 0.355. The van der Waals surface area contributed by atoms with Crippen LogP contribution in [0.15, 0.2) is 115 Å². The molecule has 0 aliphatic rings. The Hall–Kier alpha value is -3.38. The summed E-state index contributed by atoms with van der Waals surface area (Å²) in [6.45, 7) is 0. The van der Waals surface area contributed by atoms with Crippen LogP contribution in [-0.2, 0) is 0 Å². The second-order valence-electron chi connectivity index (χ2n) is 6.25. The van der Waals surface area contributed by atoms with Crippen molar-refractivity contribution >= 4 is 11.6 Å². The molecule has 0 saturated heterocycles. The highest BCUT2D eigenvalue weighted by Crippen LogP contribution is 2.34. The van der Waals surface area contributed by atoms with Crippen molar-refractivity contribution in [1.29, 1.82) is 0 Å². The highest BCUT2D eigenvalue weighted by molar-refractivity contribution is 5.96. The van der Waals surface area contributed by atoms with Crippen molar-refractivity contribution in [3.8, 4) is 11.1 Å². The van der Waals surface area contributed by atoms with Gasteiger partial charge >= 0.3 is 0 Å². The lowest BCUT2D eigenvalue weighted by molar-refractivity contribution is 1.53. The Bertz CT molecular complexity index is 997. The standard InChI is InChI=1S/C26H20/c1-4-12-21(13-5-1)20-26(23-16-8-3-9-17-23)25-19-11-10-18-24(25)22-14-6-2-7-15-22/h1-20H. The molecule has 0 aromatic heterocycles. The minimum absolute atomic E-state index is 1.20. The molecular weight excluding hydrogens is 312 g/mol. The van der Waals surface area contributed by atoms with E-state index in [4.69, 9.17) is 0 Å². The Morgan fingerprint density at radius 1 is 0.500 bits per heavy atom. The van der Waals surface area contributed by atoms with Crippen LogP contribution in [0.2, 0.25) is 0 Å². The molecule has 0 heteroatoms. The van der Waals surface area contributed by atoms with E-state index in [2.05, 4.69) is 121 Å². The molecule has 0 N–H and O–H groups in total. The summed E-state index contributed by atoms with van der Waals surface area (Å²) < 4.78 is 0. The molecule has 26 heavy (non-hydrogen) atoms. The predicted octanol–water partition coefficient (Wildman–Crippen LogP) is 6.94. The van der Waals surface area contributed by atoms with E-state index in [0.717, 1.165) is 0 Å². The topological polar surface area (TPSA) is 0 Å². The van der Waals surface area contributed by atoms with Gasteiger partial charge in [0, 0.05) is 0 Å². The molecule has 0 unspecified atom stereocenters. The first-order valence-electron chi connectivity index (χ1n) is 8.89. The van der Waals surface area contributed by atoms with Crippen LogP contribution in [0.5, 0.6) is 0 Å². The lowest BCUT2D eigenvalue weighted by atomic mass is 9.89. The second kappa shape index (κ2) is 7.67. The van der Waals surface area contributed by atoms with Gasteiger partial charge in [0.25, 0.3) is 0 Å². The van der Waals surface area contributed by atoms with Gasteiger partial charge in [0.2, 0.25) is 0 Å². The van der Waals surface area contributed by atoms with E-state index in [1.54, 1.807) is 0 Å². The molecule has 0 amide bonds. The van der Waals surface area contributed by atoms with Gasteiger partial charge in [-0.15, -0.1) is 0 Å². The van der Waals surface area contributed by atoms with E-state index in [1.807, 2.05) is 0 Å². The first-order valence-corrected chi connectivity index (χ1v) is 8.89. The molecule has 0 heterocycles. The predicted molar refractivity (Wildman–Crippen MR) is 112 cm³/mol.